The molecule has 0 amide bonds. The van der Waals surface area contributed by atoms with E-state index in [2.05, 4.69) is 37.3 Å². The van der Waals surface area contributed by atoms with Gasteiger partial charge in [0.1, 0.15) is 0 Å². The van der Waals surface area contributed by atoms with Crippen LogP contribution in [0.15, 0.2) is 20.9 Å². The summed E-state index contributed by atoms with van der Waals surface area (Å²) in [6.07, 6.45) is 2.70. The van der Waals surface area contributed by atoms with E-state index in [0.717, 1.165) is 29.4 Å². The van der Waals surface area contributed by atoms with Gasteiger partial charge in [0, 0.05) is 21.3 Å². The first-order valence-corrected chi connectivity index (χ1v) is 7.22. The number of aliphatic imine (C=N–C) groups is 1. The normalized spacial score (nSPS) is 24.9. The molecule has 0 radical (unpaired) electrons. The van der Waals surface area contributed by atoms with E-state index in [1.807, 2.05) is 0 Å². The third-order valence-electron chi connectivity index (χ3n) is 3.16. The molecule has 0 spiro atoms. The van der Waals surface area contributed by atoms with Crippen molar-refractivity contribution >= 4 is 33.2 Å². The molecule has 0 saturated heterocycles. The van der Waals surface area contributed by atoms with Crippen molar-refractivity contribution in [2.75, 3.05) is 13.1 Å². The van der Waals surface area contributed by atoms with Crippen LogP contribution in [0.5, 0.6) is 0 Å². The van der Waals surface area contributed by atoms with E-state index in [9.17, 15) is 0 Å². The van der Waals surface area contributed by atoms with E-state index in [1.165, 1.54) is 17.7 Å². The summed E-state index contributed by atoms with van der Waals surface area (Å²) in [4.78, 5) is 8.01. The van der Waals surface area contributed by atoms with Gasteiger partial charge in [-0.15, -0.1) is 11.3 Å². The third-order valence-corrected chi connectivity index (χ3v) is 4.96. The molecule has 16 heavy (non-hydrogen) atoms. The fourth-order valence-electron chi connectivity index (χ4n) is 2.07. The van der Waals surface area contributed by atoms with E-state index in [1.54, 1.807) is 11.3 Å². The lowest BCUT2D eigenvalue weighted by Crippen LogP contribution is -2.37. The molecule has 1 aliphatic heterocycles. The Bertz CT molecular complexity index is 425. The zero-order chi connectivity index (χ0) is 11.1. The lowest BCUT2D eigenvalue weighted by Gasteiger charge is -2.25. The van der Waals surface area contributed by atoms with Gasteiger partial charge in [-0.25, -0.2) is 0 Å². The summed E-state index contributed by atoms with van der Waals surface area (Å²) in [7, 11) is 0. The highest BCUT2D eigenvalue weighted by Crippen LogP contribution is 2.36. The summed E-state index contributed by atoms with van der Waals surface area (Å²) in [5.41, 5.74) is 5.96. The summed E-state index contributed by atoms with van der Waals surface area (Å²) in [6.45, 7) is 1.89. The highest BCUT2D eigenvalue weighted by molar-refractivity contribution is 9.10. The zero-order valence-electron chi connectivity index (χ0n) is 8.90. The van der Waals surface area contributed by atoms with Gasteiger partial charge in [0.2, 0.25) is 0 Å². The smallest absolute Gasteiger partial charge is 0.191 e. The monoisotopic (exact) mass is 299 g/mol. The first kappa shape index (κ1) is 10.6. The van der Waals surface area contributed by atoms with E-state index in [4.69, 9.17) is 5.73 Å². The number of hydrogen-bond acceptors (Lipinski definition) is 4. The molecule has 86 valence electrons. The third kappa shape index (κ3) is 1.98. The van der Waals surface area contributed by atoms with Crippen molar-refractivity contribution in [3.8, 4) is 0 Å². The summed E-state index contributed by atoms with van der Waals surface area (Å²) in [5, 5.41) is 2.12. The van der Waals surface area contributed by atoms with Crippen molar-refractivity contribution in [3.63, 3.8) is 0 Å². The molecule has 1 atom stereocenters. The van der Waals surface area contributed by atoms with E-state index in [0.29, 0.717) is 6.04 Å². The van der Waals surface area contributed by atoms with Gasteiger partial charge in [-0.05, 0) is 40.8 Å². The van der Waals surface area contributed by atoms with E-state index >= 15 is 0 Å². The Hall–Kier alpha value is -0.550. The van der Waals surface area contributed by atoms with Crippen LogP contribution < -0.4 is 5.73 Å². The van der Waals surface area contributed by atoms with Crippen molar-refractivity contribution in [2.45, 2.75) is 18.9 Å². The number of hydrogen-bond donors (Lipinski definition) is 1. The van der Waals surface area contributed by atoms with Crippen LogP contribution in [0.1, 0.15) is 23.8 Å². The predicted molar refractivity (Wildman–Crippen MR) is 70.7 cm³/mol. The van der Waals surface area contributed by atoms with Crippen molar-refractivity contribution < 1.29 is 0 Å². The first-order chi connectivity index (χ1) is 7.74. The molecule has 1 aliphatic carbocycles. The highest BCUT2D eigenvalue weighted by Gasteiger charge is 2.33. The molecule has 1 fully saturated rings. The van der Waals surface area contributed by atoms with Gasteiger partial charge >= 0.3 is 0 Å². The molecule has 0 bridgehead atoms. The van der Waals surface area contributed by atoms with Gasteiger partial charge < -0.3 is 10.6 Å². The predicted octanol–water partition coefficient (Wildman–Crippen LogP) is 2.59. The Morgan fingerprint density at radius 2 is 2.38 bits per heavy atom. The lowest BCUT2D eigenvalue weighted by atomic mass is 10.2. The van der Waals surface area contributed by atoms with Gasteiger partial charge in [0.25, 0.3) is 0 Å². The van der Waals surface area contributed by atoms with Crippen LogP contribution in [0.2, 0.25) is 0 Å². The Morgan fingerprint density at radius 1 is 1.56 bits per heavy atom. The van der Waals surface area contributed by atoms with Crippen LogP contribution in [0, 0.1) is 5.92 Å². The Morgan fingerprint density at radius 3 is 3.00 bits per heavy atom. The maximum atomic E-state index is 5.96. The van der Waals surface area contributed by atoms with Crippen LogP contribution in [0.4, 0.5) is 0 Å². The second-order valence-corrected chi connectivity index (χ2v) is 6.34. The number of thiophene rings is 1. The number of guanidine groups is 1. The fourth-order valence-corrected chi connectivity index (χ4v) is 3.62. The second-order valence-electron chi connectivity index (χ2n) is 4.48. The number of halogens is 1. The van der Waals surface area contributed by atoms with E-state index in [-0.39, 0.29) is 0 Å². The largest absolute Gasteiger partial charge is 0.370 e. The zero-order valence-corrected chi connectivity index (χ0v) is 11.3. The molecule has 2 N–H and O–H groups in total. The van der Waals surface area contributed by atoms with Crippen LogP contribution in [-0.2, 0) is 0 Å². The summed E-state index contributed by atoms with van der Waals surface area (Å²) in [5.74, 6) is 1.57. The van der Waals surface area contributed by atoms with Gasteiger partial charge in [0.05, 0.1) is 12.6 Å². The maximum absolute atomic E-state index is 5.96. The minimum atomic E-state index is 0.372. The van der Waals surface area contributed by atoms with Gasteiger partial charge in [-0.3, -0.25) is 4.99 Å². The lowest BCUT2D eigenvalue weighted by molar-refractivity contribution is 0.337. The summed E-state index contributed by atoms with van der Waals surface area (Å²) < 4.78 is 1.16. The molecular weight excluding hydrogens is 286 g/mol. The molecule has 2 aliphatic rings. The second kappa shape index (κ2) is 4.04. The minimum absolute atomic E-state index is 0.372. The molecule has 2 heterocycles. The average molecular weight is 300 g/mol. The van der Waals surface area contributed by atoms with E-state index < -0.39 is 0 Å². The van der Waals surface area contributed by atoms with Gasteiger partial charge in [-0.1, -0.05) is 0 Å². The Kier molecular flexibility index (Phi) is 2.67. The van der Waals surface area contributed by atoms with Crippen molar-refractivity contribution in [1.29, 1.82) is 0 Å². The molecule has 5 heteroatoms. The molecule has 3 rings (SSSR count). The molecule has 1 aromatic heterocycles. The molecular formula is C11H14BrN3S. The molecule has 1 aromatic rings. The van der Waals surface area contributed by atoms with Gasteiger partial charge in [0.15, 0.2) is 5.96 Å². The summed E-state index contributed by atoms with van der Waals surface area (Å²) in [6, 6.07) is 2.56. The fraction of sp³-hybridized carbons (Fsp3) is 0.545. The molecule has 1 unspecified atom stereocenters. The number of rotatable bonds is 3. The number of nitrogens with two attached hydrogens (primary N) is 1. The summed E-state index contributed by atoms with van der Waals surface area (Å²) >= 11 is 5.28. The first-order valence-electron chi connectivity index (χ1n) is 5.54. The van der Waals surface area contributed by atoms with Crippen molar-refractivity contribution in [3.05, 3.63) is 20.8 Å². The SMILES string of the molecule is NC1=NCC(c2cc(Br)cs2)N1CC1CC1. The van der Waals surface area contributed by atoms with Crippen LogP contribution in [-0.4, -0.2) is 23.9 Å². The maximum Gasteiger partial charge on any atom is 0.191 e. The van der Waals surface area contributed by atoms with Crippen molar-refractivity contribution in [1.82, 2.24) is 4.90 Å². The Labute approximate surface area is 107 Å². The highest BCUT2D eigenvalue weighted by atomic mass is 79.9. The number of nitrogens with zero attached hydrogens (tertiary/aromatic N) is 2. The van der Waals surface area contributed by atoms with Crippen molar-refractivity contribution in [2.24, 2.45) is 16.6 Å². The van der Waals surface area contributed by atoms with Gasteiger partial charge in [-0.2, -0.15) is 0 Å². The Balaban J connectivity index is 1.79. The van der Waals surface area contributed by atoms with Crippen LogP contribution in [0.25, 0.3) is 0 Å². The standard InChI is InChI=1S/C11H14BrN3S/c12-8-3-10(16-6-8)9-4-14-11(13)15(9)5-7-1-2-7/h3,6-7,9H,1-2,4-5H2,(H2,13,14). The van der Waals surface area contributed by atoms with Crippen LogP contribution >= 0.6 is 27.3 Å². The molecule has 1 saturated carbocycles. The average Bonchev–Trinajstić information content (AvgIpc) is 2.87. The van der Waals surface area contributed by atoms with Crippen LogP contribution in [0.3, 0.4) is 0 Å². The molecule has 0 aromatic carbocycles. The topological polar surface area (TPSA) is 41.6 Å². The quantitative estimate of drug-likeness (QED) is 0.932. The minimum Gasteiger partial charge on any atom is -0.370 e. The molecule has 3 nitrogen and oxygen atoms in total.